The van der Waals surface area contributed by atoms with E-state index in [-0.39, 0.29) is 11.5 Å². The van der Waals surface area contributed by atoms with Gasteiger partial charge in [0.25, 0.3) is 0 Å². The van der Waals surface area contributed by atoms with Crippen LogP contribution in [0.3, 0.4) is 0 Å². The van der Waals surface area contributed by atoms with E-state index in [0.717, 1.165) is 0 Å². The Kier molecular flexibility index (Phi) is 3.17. The highest BCUT2D eigenvalue weighted by molar-refractivity contribution is 5.97. The average molecular weight is 277 g/mol. The highest BCUT2D eigenvalue weighted by Gasteiger charge is 2.18. The fraction of sp³-hybridized carbons (Fsp3) is 0.0588. The van der Waals surface area contributed by atoms with E-state index in [2.05, 4.69) is 0 Å². The molecule has 0 aliphatic rings. The second-order valence-corrected chi connectivity index (χ2v) is 4.52. The van der Waals surface area contributed by atoms with Crippen molar-refractivity contribution in [3.8, 4) is 17.6 Å². The van der Waals surface area contributed by atoms with Gasteiger partial charge < -0.3 is 9.15 Å². The van der Waals surface area contributed by atoms with Crippen molar-refractivity contribution >= 4 is 16.8 Å². The third-order valence-corrected chi connectivity index (χ3v) is 3.13. The minimum Gasteiger partial charge on any atom is -0.451 e. The number of benzene rings is 2. The smallest absolute Gasteiger partial charge is 0.247 e. The van der Waals surface area contributed by atoms with Crippen LogP contribution in [0, 0.1) is 11.3 Å². The van der Waals surface area contributed by atoms with Gasteiger partial charge in [0.15, 0.2) is 11.5 Å². The van der Waals surface area contributed by atoms with E-state index in [4.69, 9.17) is 9.15 Å². The average Bonchev–Trinajstić information content (AvgIpc) is 2.86. The van der Waals surface area contributed by atoms with Crippen molar-refractivity contribution in [2.45, 2.75) is 6.92 Å². The number of hydrogen-bond donors (Lipinski definition) is 0. The number of ether oxygens (including phenoxy) is 1. The summed E-state index contributed by atoms with van der Waals surface area (Å²) in [6.45, 7) is 1.47. The molecule has 0 fully saturated rings. The van der Waals surface area contributed by atoms with Crippen LogP contribution in [0.1, 0.15) is 23.0 Å². The third-order valence-electron chi connectivity index (χ3n) is 3.13. The molecule has 102 valence electrons. The zero-order valence-electron chi connectivity index (χ0n) is 11.3. The van der Waals surface area contributed by atoms with Gasteiger partial charge in [0.2, 0.25) is 5.76 Å². The third kappa shape index (κ3) is 2.26. The quantitative estimate of drug-likeness (QED) is 0.669. The number of furan rings is 1. The molecule has 0 saturated carbocycles. The van der Waals surface area contributed by atoms with Crippen molar-refractivity contribution in [3.63, 3.8) is 0 Å². The number of ketones is 1. The number of nitrogens with zero attached hydrogens (tertiary/aromatic N) is 1. The largest absolute Gasteiger partial charge is 0.451 e. The summed E-state index contributed by atoms with van der Waals surface area (Å²) in [7, 11) is 0. The van der Waals surface area contributed by atoms with Gasteiger partial charge in [-0.1, -0.05) is 24.3 Å². The molecule has 2 aromatic carbocycles. The molecule has 21 heavy (non-hydrogen) atoms. The van der Waals surface area contributed by atoms with Crippen LogP contribution in [0.2, 0.25) is 0 Å². The molecule has 0 N–H and O–H groups in total. The zero-order chi connectivity index (χ0) is 14.8. The van der Waals surface area contributed by atoms with Gasteiger partial charge in [0.1, 0.15) is 17.4 Å². The molecule has 0 amide bonds. The summed E-state index contributed by atoms with van der Waals surface area (Å²) in [4.78, 5) is 11.6. The molecule has 3 rings (SSSR count). The van der Waals surface area contributed by atoms with Crippen molar-refractivity contribution < 1.29 is 13.9 Å². The summed E-state index contributed by atoms with van der Waals surface area (Å²) in [6, 6.07) is 16.1. The molecule has 1 aromatic heterocycles. The lowest BCUT2D eigenvalue weighted by molar-refractivity contribution is 0.101. The van der Waals surface area contributed by atoms with Crippen molar-refractivity contribution in [1.82, 2.24) is 0 Å². The first kappa shape index (κ1) is 12.9. The Balaban J connectivity index is 2.15. The van der Waals surface area contributed by atoms with Crippen molar-refractivity contribution in [2.24, 2.45) is 0 Å². The number of carbonyl (C=O) groups is 1. The van der Waals surface area contributed by atoms with Crippen molar-refractivity contribution in [3.05, 3.63) is 59.9 Å². The number of nitriles is 1. The summed E-state index contributed by atoms with van der Waals surface area (Å²) in [6.07, 6.45) is 0. The molecule has 0 radical (unpaired) electrons. The fourth-order valence-electron chi connectivity index (χ4n) is 2.15. The van der Waals surface area contributed by atoms with Crippen molar-refractivity contribution in [2.75, 3.05) is 0 Å². The monoisotopic (exact) mass is 277 g/mol. The van der Waals surface area contributed by atoms with Gasteiger partial charge in [-0.3, -0.25) is 4.79 Å². The van der Waals surface area contributed by atoms with Gasteiger partial charge in [-0.25, -0.2) is 0 Å². The van der Waals surface area contributed by atoms with E-state index in [1.807, 2.05) is 24.3 Å². The first-order chi connectivity index (χ1) is 10.2. The number of carbonyl (C=O) groups excluding carboxylic acids is 1. The van der Waals surface area contributed by atoms with Gasteiger partial charge in [0.05, 0.1) is 10.9 Å². The van der Waals surface area contributed by atoms with Crippen LogP contribution in [-0.2, 0) is 0 Å². The molecule has 4 nitrogen and oxygen atoms in total. The second kappa shape index (κ2) is 5.14. The molecule has 0 bridgehead atoms. The van der Waals surface area contributed by atoms with Gasteiger partial charge in [-0.05, 0) is 31.2 Å². The lowest BCUT2D eigenvalue weighted by Gasteiger charge is -2.08. The molecule has 3 aromatic rings. The minimum atomic E-state index is -0.100. The van der Waals surface area contributed by atoms with Gasteiger partial charge in [0, 0.05) is 0 Å². The van der Waals surface area contributed by atoms with Crippen LogP contribution in [0.5, 0.6) is 11.5 Å². The Labute approximate surface area is 121 Å². The minimum absolute atomic E-state index is 0.0922. The summed E-state index contributed by atoms with van der Waals surface area (Å²) in [5, 5.41) is 9.89. The van der Waals surface area contributed by atoms with Crippen LogP contribution in [-0.4, -0.2) is 5.78 Å². The lowest BCUT2D eigenvalue weighted by Crippen LogP contribution is -1.96. The molecule has 4 heteroatoms. The maximum absolute atomic E-state index is 11.6. The molecular weight excluding hydrogens is 266 g/mol. The Hall–Kier alpha value is -3.06. The van der Waals surface area contributed by atoms with Crippen LogP contribution in [0.25, 0.3) is 11.0 Å². The first-order valence-electron chi connectivity index (χ1n) is 6.40. The maximum atomic E-state index is 11.6. The van der Waals surface area contributed by atoms with Crippen LogP contribution < -0.4 is 4.74 Å². The Morgan fingerprint density at radius 2 is 1.86 bits per heavy atom. The normalized spacial score (nSPS) is 10.3. The number of para-hydroxylation sites is 2. The number of hydrogen-bond acceptors (Lipinski definition) is 4. The van der Waals surface area contributed by atoms with E-state index in [0.29, 0.717) is 28.0 Å². The predicted molar refractivity (Wildman–Crippen MR) is 77.4 cm³/mol. The number of fused-ring (bicyclic) bond motifs is 1. The van der Waals surface area contributed by atoms with E-state index in [9.17, 15) is 10.1 Å². The maximum Gasteiger partial charge on any atom is 0.247 e. The van der Waals surface area contributed by atoms with E-state index >= 15 is 0 Å². The van der Waals surface area contributed by atoms with Gasteiger partial charge >= 0.3 is 0 Å². The van der Waals surface area contributed by atoms with E-state index in [1.54, 1.807) is 30.3 Å². The molecule has 1 heterocycles. The summed E-state index contributed by atoms with van der Waals surface area (Å²) in [5.41, 5.74) is 1.04. The number of rotatable bonds is 3. The molecule has 0 unspecified atom stereocenters. The molecule has 0 atom stereocenters. The topological polar surface area (TPSA) is 63.2 Å². The highest BCUT2D eigenvalue weighted by atomic mass is 16.5. The van der Waals surface area contributed by atoms with Gasteiger partial charge in [-0.2, -0.15) is 5.26 Å². The molecule has 0 spiro atoms. The summed E-state index contributed by atoms with van der Waals surface area (Å²) in [5.74, 6) is 0.737. The summed E-state index contributed by atoms with van der Waals surface area (Å²) >= 11 is 0. The van der Waals surface area contributed by atoms with Crippen molar-refractivity contribution in [1.29, 1.82) is 5.26 Å². The summed E-state index contributed by atoms with van der Waals surface area (Å²) < 4.78 is 11.3. The Bertz CT molecular complexity index is 871. The highest BCUT2D eigenvalue weighted by Crippen LogP contribution is 2.36. The molecular formula is C17H11NO3. The zero-order valence-corrected chi connectivity index (χ0v) is 11.3. The van der Waals surface area contributed by atoms with Crippen LogP contribution >= 0.6 is 0 Å². The van der Waals surface area contributed by atoms with Crippen LogP contribution in [0.4, 0.5) is 0 Å². The van der Waals surface area contributed by atoms with E-state index in [1.165, 1.54) is 6.92 Å². The SMILES string of the molecule is CC(=O)c1ccccc1Oc1c(C#N)oc2ccccc12. The molecule has 0 saturated heterocycles. The fourth-order valence-corrected chi connectivity index (χ4v) is 2.15. The predicted octanol–water partition coefficient (Wildman–Crippen LogP) is 4.30. The first-order valence-corrected chi connectivity index (χ1v) is 6.40. The second-order valence-electron chi connectivity index (χ2n) is 4.52. The molecule has 0 aliphatic heterocycles. The van der Waals surface area contributed by atoms with Crippen LogP contribution in [0.15, 0.2) is 52.9 Å². The Morgan fingerprint density at radius 1 is 1.14 bits per heavy atom. The molecule has 0 aliphatic carbocycles. The van der Waals surface area contributed by atoms with E-state index < -0.39 is 0 Å². The standard InChI is InChI=1S/C17H11NO3/c1-11(19)12-6-2-4-8-14(12)21-17-13-7-3-5-9-15(13)20-16(17)10-18/h2-9H,1H3. The Morgan fingerprint density at radius 3 is 2.62 bits per heavy atom. The van der Waals surface area contributed by atoms with Gasteiger partial charge in [-0.15, -0.1) is 0 Å². The number of Topliss-reactive ketones (excluding diaryl/α,β-unsaturated/α-hetero) is 1. The lowest BCUT2D eigenvalue weighted by atomic mass is 10.1.